The Morgan fingerprint density at radius 3 is 2.59 bits per heavy atom. The number of carbonyl (C=O) groups excluding carboxylic acids is 1. The van der Waals surface area contributed by atoms with Crippen molar-refractivity contribution < 1.29 is 4.79 Å². The summed E-state index contributed by atoms with van der Waals surface area (Å²) < 4.78 is 3.57. The molecule has 0 spiro atoms. The van der Waals surface area contributed by atoms with Crippen molar-refractivity contribution >= 4 is 22.6 Å². The van der Waals surface area contributed by atoms with E-state index in [1.807, 2.05) is 56.4 Å². The summed E-state index contributed by atoms with van der Waals surface area (Å²) in [5, 5.41) is 12.2. The summed E-state index contributed by atoms with van der Waals surface area (Å²) in [6, 6.07) is 11.6. The maximum absolute atomic E-state index is 13.0. The number of fused-ring (bicyclic) bond motifs is 1. The van der Waals surface area contributed by atoms with E-state index in [0.29, 0.717) is 23.4 Å². The molecule has 4 rings (SSSR count). The molecule has 0 saturated carbocycles. The Kier molecular flexibility index (Phi) is 4.42. The number of hydrogen-bond donors (Lipinski definition) is 1. The van der Waals surface area contributed by atoms with Crippen LogP contribution >= 0.6 is 0 Å². The predicted molar refractivity (Wildman–Crippen MR) is 104 cm³/mol. The summed E-state index contributed by atoms with van der Waals surface area (Å²) in [5.41, 5.74) is 3.61. The van der Waals surface area contributed by atoms with Crippen molar-refractivity contribution in [3.8, 4) is 11.3 Å². The van der Waals surface area contributed by atoms with Crippen LogP contribution in [0, 0.1) is 0 Å². The van der Waals surface area contributed by atoms with E-state index in [0.717, 1.165) is 23.2 Å². The van der Waals surface area contributed by atoms with Gasteiger partial charge in [-0.1, -0.05) is 30.3 Å². The number of benzene rings is 1. The van der Waals surface area contributed by atoms with E-state index in [1.165, 1.54) is 0 Å². The smallest absolute Gasteiger partial charge is 0.256 e. The van der Waals surface area contributed by atoms with E-state index >= 15 is 0 Å². The fourth-order valence-electron chi connectivity index (χ4n) is 3.02. The minimum atomic E-state index is -0.203. The zero-order chi connectivity index (χ0) is 18.8. The molecule has 0 bridgehead atoms. The highest BCUT2D eigenvalue weighted by Crippen LogP contribution is 2.25. The second-order valence-corrected chi connectivity index (χ2v) is 6.16. The number of aromatic nitrogens is 5. The molecule has 4 aromatic rings. The van der Waals surface area contributed by atoms with Crippen LogP contribution in [0.1, 0.15) is 24.2 Å². The molecule has 1 N–H and O–H groups in total. The Morgan fingerprint density at radius 1 is 1.07 bits per heavy atom. The van der Waals surface area contributed by atoms with Crippen molar-refractivity contribution in [1.29, 1.82) is 0 Å². The quantitative estimate of drug-likeness (QED) is 0.590. The van der Waals surface area contributed by atoms with Gasteiger partial charge in [0.15, 0.2) is 5.65 Å². The molecule has 27 heavy (non-hydrogen) atoms. The minimum absolute atomic E-state index is 0.203. The Balaban J connectivity index is 1.80. The zero-order valence-corrected chi connectivity index (χ0v) is 15.3. The normalized spacial score (nSPS) is 11.0. The van der Waals surface area contributed by atoms with Crippen molar-refractivity contribution in [1.82, 2.24) is 24.5 Å². The van der Waals surface area contributed by atoms with Gasteiger partial charge in [-0.15, -0.1) is 0 Å². The van der Waals surface area contributed by atoms with Gasteiger partial charge < -0.3 is 5.32 Å². The Labute approximate surface area is 156 Å². The van der Waals surface area contributed by atoms with Gasteiger partial charge in [-0.25, -0.2) is 9.67 Å². The highest BCUT2D eigenvalue weighted by Gasteiger charge is 2.17. The first kappa shape index (κ1) is 17.0. The molecule has 0 aliphatic heterocycles. The first-order valence-corrected chi connectivity index (χ1v) is 8.95. The highest BCUT2D eigenvalue weighted by atomic mass is 16.1. The lowest BCUT2D eigenvalue weighted by Gasteiger charge is -2.08. The number of nitrogens with zero attached hydrogens (tertiary/aromatic N) is 5. The molecule has 7 nitrogen and oxygen atoms in total. The van der Waals surface area contributed by atoms with Crippen LogP contribution in [0.15, 0.2) is 55.0 Å². The number of aryl methyl sites for hydroxylation is 2. The van der Waals surface area contributed by atoms with Crippen LogP contribution in [-0.2, 0) is 13.1 Å². The minimum Gasteiger partial charge on any atom is -0.319 e. The summed E-state index contributed by atoms with van der Waals surface area (Å²) in [5.74, 6) is -0.203. The maximum atomic E-state index is 13.0. The van der Waals surface area contributed by atoms with E-state index in [-0.39, 0.29) is 5.91 Å². The zero-order valence-electron chi connectivity index (χ0n) is 15.3. The van der Waals surface area contributed by atoms with Crippen LogP contribution in [0.2, 0.25) is 0 Å². The largest absolute Gasteiger partial charge is 0.319 e. The van der Waals surface area contributed by atoms with Crippen LogP contribution in [0.25, 0.3) is 22.3 Å². The predicted octanol–water partition coefficient (Wildman–Crippen LogP) is 3.59. The second kappa shape index (κ2) is 7.03. The summed E-state index contributed by atoms with van der Waals surface area (Å²) in [7, 11) is 0. The van der Waals surface area contributed by atoms with Gasteiger partial charge in [0.2, 0.25) is 0 Å². The van der Waals surface area contributed by atoms with Crippen LogP contribution in [-0.4, -0.2) is 30.5 Å². The van der Waals surface area contributed by atoms with Gasteiger partial charge in [0.05, 0.1) is 34.7 Å². The number of pyridine rings is 1. The fourth-order valence-corrected chi connectivity index (χ4v) is 3.02. The average Bonchev–Trinajstić information content (AvgIpc) is 3.34. The average molecular weight is 360 g/mol. The van der Waals surface area contributed by atoms with Crippen molar-refractivity contribution in [3.05, 3.63) is 60.6 Å². The molecule has 1 aromatic carbocycles. The van der Waals surface area contributed by atoms with Crippen LogP contribution in [0.5, 0.6) is 0 Å². The van der Waals surface area contributed by atoms with Gasteiger partial charge in [-0.2, -0.15) is 10.2 Å². The third-order valence-corrected chi connectivity index (χ3v) is 4.44. The molecule has 0 saturated heterocycles. The summed E-state index contributed by atoms with van der Waals surface area (Å²) >= 11 is 0. The molecule has 3 aromatic heterocycles. The number of nitrogens with one attached hydrogen (secondary N) is 1. The van der Waals surface area contributed by atoms with Crippen LogP contribution < -0.4 is 5.32 Å². The Morgan fingerprint density at radius 2 is 1.89 bits per heavy atom. The van der Waals surface area contributed by atoms with E-state index in [1.54, 1.807) is 21.8 Å². The van der Waals surface area contributed by atoms with Crippen molar-refractivity contribution in [3.63, 3.8) is 0 Å². The summed E-state index contributed by atoms with van der Waals surface area (Å²) in [4.78, 5) is 17.7. The van der Waals surface area contributed by atoms with E-state index in [2.05, 4.69) is 15.5 Å². The number of hydrogen-bond acceptors (Lipinski definition) is 4. The number of rotatable bonds is 5. The van der Waals surface area contributed by atoms with Gasteiger partial charge in [0.25, 0.3) is 5.91 Å². The molecule has 0 radical (unpaired) electrons. The first-order valence-electron chi connectivity index (χ1n) is 8.95. The SMILES string of the molecule is CCn1cc(NC(=O)c2cc(-c3ccccc3)nc3c2cnn3CC)cn1. The van der Waals surface area contributed by atoms with E-state index in [9.17, 15) is 4.79 Å². The van der Waals surface area contributed by atoms with Crippen molar-refractivity contribution in [2.45, 2.75) is 26.9 Å². The summed E-state index contributed by atoms with van der Waals surface area (Å²) in [6.45, 7) is 5.42. The molecule has 3 heterocycles. The monoisotopic (exact) mass is 360 g/mol. The first-order chi connectivity index (χ1) is 13.2. The third-order valence-electron chi connectivity index (χ3n) is 4.44. The Hall–Kier alpha value is -3.48. The number of anilines is 1. The lowest BCUT2D eigenvalue weighted by Crippen LogP contribution is -2.13. The molecular weight excluding hydrogens is 340 g/mol. The van der Waals surface area contributed by atoms with Crippen molar-refractivity contribution in [2.75, 3.05) is 5.32 Å². The standard InChI is InChI=1S/C20H20N6O/c1-3-25-13-15(11-21-25)23-20(27)16-10-18(14-8-6-5-7-9-14)24-19-17(16)12-22-26(19)4-2/h5-13H,3-4H2,1-2H3,(H,23,27). The highest BCUT2D eigenvalue weighted by molar-refractivity contribution is 6.12. The van der Waals surface area contributed by atoms with Gasteiger partial charge in [-0.05, 0) is 19.9 Å². The van der Waals surface area contributed by atoms with Crippen molar-refractivity contribution in [2.24, 2.45) is 0 Å². The van der Waals surface area contributed by atoms with E-state index < -0.39 is 0 Å². The van der Waals surface area contributed by atoms with Gasteiger partial charge >= 0.3 is 0 Å². The van der Waals surface area contributed by atoms with Gasteiger partial charge in [0.1, 0.15) is 0 Å². The Bertz CT molecular complexity index is 1100. The number of amides is 1. The molecule has 0 unspecified atom stereocenters. The summed E-state index contributed by atoms with van der Waals surface area (Å²) in [6.07, 6.45) is 5.15. The topological polar surface area (TPSA) is 77.6 Å². The molecule has 0 aliphatic rings. The molecule has 136 valence electrons. The molecule has 7 heteroatoms. The van der Waals surface area contributed by atoms with Gasteiger partial charge in [0, 0.05) is 24.8 Å². The molecular formula is C20H20N6O. The van der Waals surface area contributed by atoms with Crippen LogP contribution in [0.3, 0.4) is 0 Å². The maximum Gasteiger partial charge on any atom is 0.256 e. The molecule has 0 atom stereocenters. The molecule has 0 aliphatic carbocycles. The fraction of sp³-hybridized carbons (Fsp3) is 0.200. The number of carbonyl (C=O) groups is 1. The lowest BCUT2D eigenvalue weighted by molar-refractivity contribution is 0.102. The lowest BCUT2D eigenvalue weighted by atomic mass is 10.1. The van der Waals surface area contributed by atoms with Gasteiger partial charge in [-0.3, -0.25) is 9.48 Å². The molecule has 0 fully saturated rings. The van der Waals surface area contributed by atoms with Crippen LogP contribution in [0.4, 0.5) is 5.69 Å². The molecule has 1 amide bonds. The second-order valence-electron chi connectivity index (χ2n) is 6.16. The third kappa shape index (κ3) is 3.19. The van der Waals surface area contributed by atoms with E-state index in [4.69, 9.17) is 4.98 Å².